The van der Waals surface area contributed by atoms with Crippen molar-refractivity contribution in [2.24, 2.45) is 0 Å². The van der Waals surface area contributed by atoms with Gasteiger partial charge in [0.2, 0.25) is 5.95 Å². The van der Waals surface area contributed by atoms with Crippen LogP contribution in [0.4, 0.5) is 10.3 Å². The summed E-state index contributed by atoms with van der Waals surface area (Å²) in [6.45, 7) is 5.62. The molecular weight excluding hydrogens is 353 g/mol. The van der Waals surface area contributed by atoms with Gasteiger partial charge in [0.05, 0.1) is 6.54 Å². The maximum atomic E-state index is 14.2. The van der Waals surface area contributed by atoms with Crippen LogP contribution in [0.1, 0.15) is 24.5 Å². The summed E-state index contributed by atoms with van der Waals surface area (Å²) >= 11 is 0. The van der Waals surface area contributed by atoms with E-state index in [9.17, 15) is 4.39 Å². The predicted octanol–water partition coefficient (Wildman–Crippen LogP) is 4.81. The maximum absolute atomic E-state index is 14.2. The molecule has 4 rings (SSSR count). The summed E-state index contributed by atoms with van der Waals surface area (Å²) in [5.41, 5.74) is 3.51. The number of nitrogens with zero attached hydrogens (tertiary/aromatic N) is 3. The average Bonchev–Trinajstić information content (AvgIpc) is 3.17. The largest absolute Gasteiger partial charge is 0.489 e. The Hall–Kier alpha value is -2.95. The molecule has 1 aliphatic heterocycles. The van der Waals surface area contributed by atoms with Crippen LogP contribution in [0.25, 0.3) is 11.1 Å². The van der Waals surface area contributed by atoms with Crippen LogP contribution in [0, 0.1) is 12.7 Å². The molecule has 2 heterocycles. The van der Waals surface area contributed by atoms with E-state index in [1.54, 1.807) is 6.07 Å². The van der Waals surface area contributed by atoms with Crippen molar-refractivity contribution < 1.29 is 9.13 Å². The summed E-state index contributed by atoms with van der Waals surface area (Å²) in [5.74, 6) is 1.35. The van der Waals surface area contributed by atoms with E-state index in [1.807, 2.05) is 55.7 Å². The summed E-state index contributed by atoms with van der Waals surface area (Å²) < 4.78 is 20.3. The molecule has 1 fully saturated rings. The quantitative estimate of drug-likeness (QED) is 0.639. The Kier molecular flexibility index (Phi) is 5.24. The molecule has 0 amide bonds. The first-order valence-corrected chi connectivity index (χ1v) is 9.71. The van der Waals surface area contributed by atoms with Crippen LogP contribution in [-0.4, -0.2) is 29.2 Å². The van der Waals surface area contributed by atoms with Crippen molar-refractivity contribution in [3.63, 3.8) is 0 Å². The lowest BCUT2D eigenvalue weighted by atomic mass is 10.0. The van der Waals surface area contributed by atoms with Gasteiger partial charge in [0.1, 0.15) is 17.7 Å². The molecule has 1 unspecified atom stereocenters. The van der Waals surface area contributed by atoms with Gasteiger partial charge in [-0.25, -0.2) is 14.4 Å². The molecule has 0 bridgehead atoms. The number of ether oxygens (including phenoxy) is 1. The summed E-state index contributed by atoms with van der Waals surface area (Å²) in [6.07, 6.45) is 5.73. The summed E-state index contributed by atoms with van der Waals surface area (Å²) in [6, 6.07) is 12.9. The highest BCUT2D eigenvalue weighted by Crippen LogP contribution is 2.27. The molecule has 0 radical (unpaired) electrons. The maximum Gasteiger partial charge on any atom is 0.225 e. The number of aromatic nitrogens is 2. The highest BCUT2D eigenvalue weighted by atomic mass is 19.1. The van der Waals surface area contributed by atoms with Crippen molar-refractivity contribution in [1.82, 2.24) is 9.97 Å². The highest BCUT2D eigenvalue weighted by Gasteiger charge is 2.25. The van der Waals surface area contributed by atoms with E-state index in [2.05, 4.69) is 21.8 Å². The molecule has 1 atom stereocenters. The third-order valence-electron chi connectivity index (χ3n) is 5.12. The predicted molar refractivity (Wildman–Crippen MR) is 109 cm³/mol. The molecule has 0 aliphatic carbocycles. The minimum absolute atomic E-state index is 0.0939. The molecule has 5 heteroatoms. The molecule has 28 heavy (non-hydrogen) atoms. The third-order valence-corrected chi connectivity index (χ3v) is 5.12. The van der Waals surface area contributed by atoms with Gasteiger partial charge in [-0.15, -0.1) is 0 Å². The van der Waals surface area contributed by atoms with Gasteiger partial charge >= 0.3 is 0 Å². The SMILES string of the molecule is CCc1cnc(N2CCC(Oc3ccc(-c4ccc(C)cc4F)cc3)C2)nc1. The van der Waals surface area contributed by atoms with E-state index >= 15 is 0 Å². The second-order valence-electron chi connectivity index (χ2n) is 7.23. The van der Waals surface area contributed by atoms with Crippen LogP contribution < -0.4 is 9.64 Å². The van der Waals surface area contributed by atoms with Crippen molar-refractivity contribution >= 4 is 5.95 Å². The van der Waals surface area contributed by atoms with Gasteiger partial charge in [-0.05, 0) is 48.2 Å². The van der Waals surface area contributed by atoms with Crippen molar-refractivity contribution in [2.45, 2.75) is 32.8 Å². The van der Waals surface area contributed by atoms with E-state index in [1.165, 1.54) is 0 Å². The number of hydrogen-bond acceptors (Lipinski definition) is 4. The molecular formula is C23H24FN3O. The molecule has 0 saturated carbocycles. The van der Waals surface area contributed by atoms with E-state index in [0.29, 0.717) is 5.56 Å². The van der Waals surface area contributed by atoms with Crippen molar-refractivity contribution in [1.29, 1.82) is 0 Å². The van der Waals surface area contributed by atoms with Crippen LogP contribution in [-0.2, 0) is 6.42 Å². The van der Waals surface area contributed by atoms with E-state index in [0.717, 1.165) is 54.3 Å². The topological polar surface area (TPSA) is 38.2 Å². The van der Waals surface area contributed by atoms with Crippen LogP contribution in [0.15, 0.2) is 54.9 Å². The Bertz CT molecular complexity index is 941. The number of anilines is 1. The lowest BCUT2D eigenvalue weighted by Crippen LogP contribution is -2.26. The van der Waals surface area contributed by atoms with Crippen molar-refractivity contribution in [2.75, 3.05) is 18.0 Å². The molecule has 4 nitrogen and oxygen atoms in total. The van der Waals surface area contributed by atoms with E-state index in [-0.39, 0.29) is 11.9 Å². The Morgan fingerprint density at radius 2 is 1.86 bits per heavy atom. The molecule has 1 aliphatic rings. The third kappa shape index (κ3) is 3.98. The van der Waals surface area contributed by atoms with Gasteiger partial charge in [-0.1, -0.05) is 31.2 Å². The Morgan fingerprint density at radius 3 is 2.54 bits per heavy atom. The van der Waals surface area contributed by atoms with E-state index < -0.39 is 0 Å². The number of rotatable bonds is 5. The second-order valence-corrected chi connectivity index (χ2v) is 7.23. The number of hydrogen-bond donors (Lipinski definition) is 0. The number of halogens is 1. The molecule has 144 valence electrons. The average molecular weight is 377 g/mol. The summed E-state index contributed by atoms with van der Waals surface area (Å²) in [7, 11) is 0. The minimum atomic E-state index is -0.200. The fraction of sp³-hybridized carbons (Fsp3) is 0.304. The zero-order chi connectivity index (χ0) is 19.5. The fourth-order valence-corrected chi connectivity index (χ4v) is 3.46. The fourth-order valence-electron chi connectivity index (χ4n) is 3.46. The monoisotopic (exact) mass is 377 g/mol. The second kappa shape index (κ2) is 7.97. The Balaban J connectivity index is 1.39. The molecule has 3 aromatic rings. The first kappa shape index (κ1) is 18.4. The molecule has 1 saturated heterocycles. The van der Waals surface area contributed by atoms with Gasteiger partial charge in [-0.3, -0.25) is 0 Å². The highest BCUT2D eigenvalue weighted by molar-refractivity contribution is 5.65. The first-order chi connectivity index (χ1) is 13.6. The van der Waals surface area contributed by atoms with Gasteiger partial charge in [0.25, 0.3) is 0 Å². The van der Waals surface area contributed by atoms with Gasteiger partial charge in [0, 0.05) is 30.9 Å². The standard InChI is InChI=1S/C23H24FN3O/c1-3-17-13-25-23(26-14-17)27-11-10-20(15-27)28-19-7-5-18(6-8-19)21-9-4-16(2)12-22(21)24/h4-9,12-14,20H,3,10-11,15H2,1-2H3. The van der Waals surface area contributed by atoms with Crippen molar-refractivity contribution in [3.8, 4) is 16.9 Å². The van der Waals surface area contributed by atoms with Crippen LogP contribution in [0.5, 0.6) is 5.75 Å². The lowest BCUT2D eigenvalue weighted by Gasteiger charge is -2.17. The van der Waals surface area contributed by atoms with Gasteiger partial charge < -0.3 is 9.64 Å². The van der Waals surface area contributed by atoms with Crippen molar-refractivity contribution in [3.05, 3.63) is 71.8 Å². The zero-order valence-electron chi connectivity index (χ0n) is 16.2. The lowest BCUT2D eigenvalue weighted by molar-refractivity contribution is 0.225. The number of benzene rings is 2. The zero-order valence-corrected chi connectivity index (χ0v) is 16.2. The van der Waals surface area contributed by atoms with Gasteiger partial charge in [0.15, 0.2) is 0 Å². The molecule has 0 N–H and O–H groups in total. The van der Waals surface area contributed by atoms with Crippen LogP contribution >= 0.6 is 0 Å². The Labute approximate surface area is 165 Å². The molecule has 1 aromatic heterocycles. The first-order valence-electron chi connectivity index (χ1n) is 9.71. The van der Waals surface area contributed by atoms with Crippen LogP contribution in [0.3, 0.4) is 0 Å². The van der Waals surface area contributed by atoms with Crippen LogP contribution in [0.2, 0.25) is 0 Å². The van der Waals surface area contributed by atoms with E-state index in [4.69, 9.17) is 4.74 Å². The molecule has 0 spiro atoms. The molecule has 2 aromatic carbocycles. The van der Waals surface area contributed by atoms with Gasteiger partial charge in [-0.2, -0.15) is 0 Å². The summed E-state index contributed by atoms with van der Waals surface area (Å²) in [5, 5.41) is 0. The number of aryl methyl sites for hydroxylation is 2. The normalized spacial score (nSPS) is 16.4. The summed E-state index contributed by atoms with van der Waals surface area (Å²) in [4.78, 5) is 11.1. The Morgan fingerprint density at radius 1 is 1.11 bits per heavy atom. The smallest absolute Gasteiger partial charge is 0.225 e. The minimum Gasteiger partial charge on any atom is -0.489 e.